The minimum Gasteiger partial charge on any atom is -0.497 e. The minimum absolute atomic E-state index is 0.0260. The van der Waals surface area contributed by atoms with E-state index in [1.54, 1.807) is 13.2 Å². The van der Waals surface area contributed by atoms with E-state index in [2.05, 4.69) is 11.8 Å². The Kier molecular flexibility index (Phi) is 6.84. The first-order valence-corrected chi connectivity index (χ1v) is 12.6. The van der Waals surface area contributed by atoms with E-state index in [1.807, 2.05) is 65.0 Å². The molecule has 2 aromatic carbocycles. The van der Waals surface area contributed by atoms with Gasteiger partial charge in [-0.05, 0) is 43.7 Å². The van der Waals surface area contributed by atoms with Gasteiger partial charge in [0, 0.05) is 38.2 Å². The largest absolute Gasteiger partial charge is 0.497 e. The molecule has 1 amide bonds. The van der Waals surface area contributed by atoms with Crippen molar-refractivity contribution in [1.29, 1.82) is 0 Å². The van der Waals surface area contributed by atoms with Crippen molar-refractivity contribution in [2.45, 2.75) is 33.1 Å². The monoisotopic (exact) mass is 484 g/mol. The molecule has 0 radical (unpaired) electrons. The van der Waals surface area contributed by atoms with Crippen molar-refractivity contribution >= 4 is 22.8 Å². The summed E-state index contributed by atoms with van der Waals surface area (Å²) in [5.74, 6) is 2.47. The molecule has 36 heavy (non-hydrogen) atoms. The fraction of sp³-hybridized carbons (Fsp3) is 0.357. The maximum absolute atomic E-state index is 13.1. The molecule has 1 fully saturated rings. The lowest BCUT2D eigenvalue weighted by Crippen LogP contribution is -2.49. The number of para-hydroxylation sites is 1. The molecule has 3 heterocycles. The topological polar surface area (TPSA) is 76.4 Å². The molecule has 2 aromatic heterocycles. The van der Waals surface area contributed by atoms with Gasteiger partial charge in [0.25, 0.3) is 5.91 Å². The molecule has 0 bridgehead atoms. The highest BCUT2D eigenvalue weighted by atomic mass is 16.5. The molecule has 0 spiro atoms. The molecule has 0 N–H and O–H groups in total. The van der Waals surface area contributed by atoms with Crippen molar-refractivity contribution in [2.24, 2.45) is 0 Å². The van der Waals surface area contributed by atoms with E-state index in [0.717, 1.165) is 53.3 Å². The SMILES string of the molecule is CCCCc1nc(N2CCN(C(=O)c3cccc(OC)c3)CC2)c2c(C)nn(-c3ccccc3)c2n1. The summed E-state index contributed by atoms with van der Waals surface area (Å²) in [5.41, 5.74) is 3.37. The third-order valence-corrected chi connectivity index (χ3v) is 6.67. The van der Waals surface area contributed by atoms with Crippen molar-refractivity contribution in [2.75, 3.05) is 38.2 Å². The van der Waals surface area contributed by atoms with Crippen LogP contribution in [0.5, 0.6) is 5.75 Å². The molecule has 1 aliphatic heterocycles. The second-order valence-electron chi connectivity index (χ2n) is 9.11. The van der Waals surface area contributed by atoms with E-state index in [0.29, 0.717) is 37.5 Å². The van der Waals surface area contributed by atoms with Gasteiger partial charge in [-0.15, -0.1) is 0 Å². The lowest BCUT2D eigenvalue weighted by molar-refractivity contribution is 0.0746. The number of carbonyl (C=O) groups is 1. The average Bonchev–Trinajstić information content (AvgIpc) is 3.27. The summed E-state index contributed by atoms with van der Waals surface area (Å²) in [4.78, 5) is 27.3. The number of unbranched alkanes of at least 4 members (excludes halogenated alkanes) is 1. The molecular formula is C28H32N6O2. The first-order valence-electron chi connectivity index (χ1n) is 12.6. The van der Waals surface area contributed by atoms with E-state index < -0.39 is 0 Å². The Balaban J connectivity index is 1.45. The zero-order valence-electron chi connectivity index (χ0n) is 21.1. The minimum atomic E-state index is 0.0260. The van der Waals surface area contributed by atoms with Gasteiger partial charge in [0.15, 0.2) is 5.65 Å². The second-order valence-corrected chi connectivity index (χ2v) is 9.11. The van der Waals surface area contributed by atoms with Crippen LogP contribution in [0.25, 0.3) is 16.7 Å². The Labute approximate surface area is 211 Å². The van der Waals surface area contributed by atoms with E-state index >= 15 is 0 Å². The number of fused-ring (bicyclic) bond motifs is 1. The summed E-state index contributed by atoms with van der Waals surface area (Å²) in [6, 6.07) is 17.4. The number of amides is 1. The number of hydrogen-bond donors (Lipinski definition) is 0. The van der Waals surface area contributed by atoms with Crippen LogP contribution in [0.3, 0.4) is 0 Å². The Morgan fingerprint density at radius 2 is 1.78 bits per heavy atom. The summed E-state index contributed by atoms with van der Waals surface area (Å²) in [6.45, 7) is 6.84. The van der Waals surface area contributed by atoms with Crippen LogP contribution in [-0.4, -0.2) is 63.8 Å². The number of rotatable bonds is 7. The first kappa shape index (κ1) is 23.8. The molecule has 1 saturated heterocycles. The van der Waals surface area contributed by atoms with Gasteiger partial charge in [-0.3, -0.25) is 4.79 Å². The number of piperazine rings is 1. The molecule has 8 heteroatoms. The molecule has 5 rings (SSSR count). The van der Waals surface area contributed by atoms with Gasteiger partial charge in [-0.25, -0.2) is 14.6 Å². The molecule has 0 aliphatic carbocycles. The quantitative estimate of drug-likeness (QED) is 0.386. The number of aryl methyl sites for hydroxylation is 2. The smallest absolute Gasteiger partial charge is 0.254 e. The Morgan fingerprint density at radius 3 is 2.50 bits per heavy atom. The Bertz CT molecular complexity index is 1360. The number of nitrogens with zero attached hydrogens (tertiary/aromatic N) is 6. The van der Waals surface area contributed by atoms with Crippen molar-refractivity contribution in [3.63, 3.8) is 0 Å². The van der Waals surface area contributed by atoms with E-state index in [1.165, 1.54) is 0 Å². The van der Waals surface area contributed by atoms with Crippen molar-refractivity contribution in [1.82, 2.24) is 24.6 Å². The molecule has 0 atom stereocenters. The van der Waals surface area contributed by atoms with Gasteiger partial charge in [0.05, 0.1) is 23.9 Å². The van der Waals surface area contributed by atoms with Crippen LogP contribution in [0.4, 0.5) is 5.82 Å². The molecule has 0 saturated carbocycles. The zero-order valence-corrected chi connectivity index (χ0v) is 21.1. The van der Waals surface area contributed by atoms with Crippen LogP contribution in [-0.2, 0) is 6.42 Å². The fourth-order valence-electron chi connectivity index (χ4n) is 4.69. The van der Waals surface area contributed by atoms with Crippen LogP contribution in [0, 0.1) is 6.92 Å². The Hall–Kier alpha value is -3.94. The normalized spacial score (nSPS) is 13.9. The van der Waals surface area contributed by atoms with E-state index in [4.69, 9.17) is 19.8 Å². The number of ether oxygens (including phenoxy) is 1. The summed E-state index contributed by atoms with van der Waals surface area (Å²) in [5, 5.41) is 5.83. The molecule has 4 aromatic rings. The number of methoxy groups -OCH3 is 1. The maximum atomic E-state index is 13.1. The third-order valence-electron chi connectivity index (χ3n) is 6.67. The maximum Gasteiger partial charge on any atom is 0.254 e. The predicted octanol–water partition coefficient (Wildman–Crippen LogP) is 4.44. The van der Waals surface area contributed by atoms with Crippen LogP contribution < -0.4 is 9.64 Å². The van der Waals surface area contributed by atoms with Crippen LogP contribution >= 0.6 is 0 Å². The third kappa shape index (κ3) is 4.63. The summed E-state index contributed by atoms with van der Waals surface area (Å²) in [6.07, 6.45) is 2.94. The molecule has 0 unspecified atom stereocenters. The summed E-state index contributed by atoms with van der Waals surface area (Å²) < 4.78 is 7.22. The Morgan fingerprint density at radius 1 is 1.00 bits per heavy atom. The molecule has 1 aliphatic rings. The lowest BCUT2D eigenvalue weighted by Gasteiger charge is -2.36. The number of aromatic nitrogens is 4. The number of anilines is 1. The van der Waals surface area contributed by atoms with E-state index in [9.17, 15) is 4.79 Å². The standard InChI is InChI=1S/C28H32N6O2/c1-4-5-14-24-29-26(25-20(2)31-34(27(25)30-24)22-11-7-6-8-12-22)32-15-17-33(18-16-32)28(35)21-10-9-13-23(19-21)36-3/h6-13,19H,4-5,14-18H2,1-3H3. The van der Waals surface area contributed by atoms with Crippen LogP contribution in [0.1, 0.15) is 41.6 Å². The van der Waals surface area contributed by atoms with Crippen molar-refractivity contribution in [3.8, 4) is 11.4 Å². The zero-order chi connectivity index (χ0) is 25.1. The summed E-state index contributed by atoms with van der Waals surface area (Å²) >= 11 is 0. The highest BCUT2D eigenvalue weighted by Crippen LogP contribution is 2.30. The molecule has 8 nitrogen and oxygen atoms in total. The average molecular weight is 485 g/mol. The van der Waals surface area contributed by atoms with Crippen molar-refractivity contribution < 1.29 is 9.53 Å². The second kappa shape index (κ2) is 10.4. The molecular weight excluding hydrogens is 452 g/mol. The van der Waals surface area contributed by atoms with Crippen LogP contribution in [0.15, 0.2) is 54.6 Å². The number of carbonyl (C=O) groups excluding carboxylic acids is 1. The van der Waals surface area contributed by atoms with Gasteiger partial charge in [0.2, 0.25) is 0 Å². The predicted molar refractivity (Wildman–Crippen MR) is 141 cm³/mol. The van der Waals surface area contributed by atoms with Gasteiger partial charge in [-0.1, -0.05) is 37.6 Å². The number of hydrogen-bond acceptors (Lipinski definition) is 6. The van der Waals surface area contributed by atoms with Crippen LogP contribution in [0.2, 0.25) is 0 Å². The van der Waals surface area contributed by atoms with Gasteiger partial charge in [0.1, 0.15) is 17.4 Å². The van der Waals surface area contributed by atoms with E-state index in [-0.39, 0.29) is 5.91 Å². The van der Waals surface area contributed by atoms with Crippen molar-refractivity contribution in [3.05, 3.63) is 71.7 Å². The van der Waals surface area contributed by atoms with Gasteiger partial charge in [-0.2, -0.15) is 5.10 Å². The highest BCUT2D eigenvalue weighted by Gasteiger charge is 2.27. The highest BCUT2D eigenvalue weighted by molar-refractivity contribution is 5.95. The van der Waals surface area contributed by atoms with Gasteiger partial charge < -0.3 is 14.5 Å². The summed E-state index contributed by atoms with van der Waals surface area (Å²) in [7, 11) is 1.61. The lowest BCUT2D eigenvalue weighted by atomic mass is 10.1. The fourth-order valence-corrected chi connectivity index (χ4v) is 4.69. The van der Waals surface area contributed by atoms with Gasteiger partial charge >= 0.3 is 0 Å². The number of benzene rings is 2. The first-order chi connectivity index (χ1) is 17.6. The molecule has 186 valence electrons.